The van der Waals surface area contributed by atoms with Crippen LogP contribution >= 0.6 is 0 Å². The Hall–Kier alpha value is -3.02. The minimum Gasteiger partial charge on any atom is -0.456 e. The van der Waals surface area contributed by atoms with Crippen molar-refractivity contribution in [1.82, 2.24) is 0 Å². The summed E-state index contributed by atoms with van der Waals surface area (Å²) in [5.74, 6) is -0.171. The Labute approximate surface area is 117 Å². The molecule has 3 aromatic rings. The van der Waals surface area contributed by atoms with Crippen molar-refractivity contribution in [2.24, 2.45) is 0 Å². The zero-order valence-corrected chi connectivity index (χ0v) is 11.0. The van der Waals surface area contributed by atoms with Crippen molar-refractivity contribution in [1.29, 1.82) is 0 Å². The van der Waals surface area contributed by atoms with Gasteiger partial charge in [0, 0.05) is 17.7 Å². The van der Waals surface area contributed by atoms with Crippen LogP contribution in [0.2, 0.25) is 0 Å². The van der Waals surface area contributed by atoms with Gasteiger partial charge in [0.2, 0.25) is 5.43 Å². The molecule has 0 spiro atoms. The molecule has 0 atom stereocenters. The van der Waals surface area contributed by atoms with E-state index in [-0.39, 0.29) is 27.8 Å². The highest BCUT2D eigenvalue weighted by molar-refractivity contribution is 5.99. The van der Waals surface area contributed by atoms with Crippen molar-refractivity contribution in [3.05, 3.63) is 62.3 Å². The Morgan fingerprint density at radius 1 is 1.10 bits per heavy atom. The van der Waals surface area contributed by atoms with E-state index in [0.29, 0.717) is 11.1 Å². The monoisotopic (exact) mass is 283 g/mol. The number of benzene rings is 2. The fourth-order valence-corrected chi connectivity index (χ4v) is 2.18. The summed E-state index contributed by atoms with van der Waals surface area (Å²) in [5.41, 5.74) is 0.425. The minimum atomic E-state index is -0.574. The van der Waals surface area contributed by atoms with Gasteiger partial charge in [0.25, 0.3) is 5.69 Å². The van der Waals surface area contributed by atoms with Crippen LogP contribution in [0.5, 0.6) is 0 Å². The molecular weight excluding hydrogens is 274 g/mol. The van der Waals surface area contributed by atoms with Crippen LogP contribution < -0.4 is 5.43 Å². The molecule has 6 nitrogen and oxygen atoms in total. The molecule has 1 aromatic heterocycles. The number of nitro groups is 1. The quantitative estimate of drug-likeness (QED) is 0.312. The van der Waals surface area contributed by atoms with E-state index in [9.17, 15) is 19.7 Å². The maximum atomic E-state index is 12.4. The Morgan fingerprint density at radius 3 is 2.33 bits per heavy atom. The van der Waals surface area contributed by atoms with Crippen LogP contribution in [0.4, 0.5) is 5.69 Å². The lowest BCUT2D eigenvalue weighted by molar-refractivity contribution is -0.384. The SMILES string of the molecule is CC(=O)c1ccc2oc3ccc([N+](=O)[O-])cc3c(=O)c2c1. The van der Waals surface area contributed by atoms with Gasteiger partial charge < -0.3 is 4.42 Å². The topological polar surface area (TPSA) is 90.4 Å². The average molecular weight is 283 g/mol. The first kappa shape index (κ1) is 13.0. The summed E-state index contributed by atoms with van der Waals surface area (Å²) in [5, 5.41) is 11.1. The van der Waals surface area contributed by atoms with Crippen molar-refractivity contribution < 1.29 is 14.1 Å². The Morgan fingerprint density at radius 2 is 1.71 bits per heavy atom. The summed E-state index contributed by atoms with van der Waals surface area (Å²) in [6.45, 7) is 1.40. The molecule has 0 unspecified atom stereocenters. The number of hydrogen-bond acceptors (Lipinski definition) is 5. The van der Waals surface area contributed by atoms with Crippen molar-refractivity contribution in [2.45, 2.75) is 6.92 Å². The van der Waals surface area contributed by atoms with Gasteiger partial charge in [0.05, 0.1) is 15.7 Å². The van der Waals surface area contributed by atoms with E-state index in [0.717, 1.165) is 0 Å². The zero-order chi connectivity index (χ0) is 15.1. The number of nitrogens with zero attached hydrogens (tertiary/aromatic N) is 1. The maximum absolute atomic E-state index is 12.4. The summed E-state index contributed by atoms with van der Waals surface area (Å²) in [4.78, 5) is 34.0. The lowest BCUT2D eigenvalue weighted by Crippen LogP contribution is -2.04. The predicted molar refractivity (Wildman–Crippen MR) is 76.6 cm³/mol. The second-order valence-electron chi connectivity index (χ2n) is 4.64. The van der Waals surface area contributed by atoms with Crippen LogP contribution in [0.1, 0.15) is 17.3 Å². The highest BCUT2D eigenvalue weighted by atomic mass is 16.6. The summed E-state index contributed by atoms with van der Waals surface area (Å²) >= 11 is 0. The third kappa shape index (κ3) is 2.06. The van der Waals surface area contributed by atoms with E-state index in [1.54, 1.807) is 12.1 Å². The van der Waals surface area contributed by atoms with Crippen molar-refractivity contribution in [3.8, 4) is 0 Å². The number of rotatable bonds is 2. The van der Waals surface area contributed by atoms with Crippen LogP contribution in [0.25, 0.3) is 21.9 Å². The van der Waals surface area contributed by atoms with Crippen LogP contribution in [-0.2, 0) is 0 Å². The van der Waals surface area contributed by atoms with E-state index in [1.807, 2.05) is 0 Å². The van der Waals surface area contributed by atoms with E-state index >= 15 is 0 Å². The molecule has 0 aliphatic heterocycles. The number of nitro benzene ring substituents is 1. The zero-order valence-electron chi connectivity index (χ0n) is 11.0. The van der Waals surface area contributed by atoms with Gasteiger partial charge in [-0.1, -0.05) is 0 Å². The number of ketones is 1. The summed E-state index contributed by atoms with van der Waals surface area (Å²) in [6, 6.07) is 8.43. The van der Waals surface area contributed by atoms with E-state index < -0.39 is 10.4 Å². The number of carbonyl (C=O) groups is 1. The molecule has 1 heterocycles. The van der Waals surface area contributed by atoms with E-state index in [2.05, 4.69) is 0 Å². The van der Waals surface area contributed by atoms with Gasteiger partial charge >= 0.3 is 0 Å². The highest BCUT2D eigenvalue weighted by Gasteiger charge is 2.13. The fourth-order valence-electron chi connectivity index (χ4n) is 2.18. The van der Waals surface area contributed by atoms with E-state index in [1.165, 1.54) is 31.2 Å². The Kier molecular flexibility index (Phi) is 2.79. The van der Waals surface area contributed by atoms with Crippen LogP contribution in [0.15, 0.2) is 45.6 Å². The molecular formula is C15H9NO5. The number of hydrogen-bond donors (Lipinski definition) is 0. The standard InChI is InChI=1S/C15H9NO5/c1-8(17)9-2-4-13-11(6-9)15(18)12-7-10(16(19)20)3-5-14(12)21-13/h2-7H,1H3. The predicted octanol–water partition coefficient (Wildman–Crippen LogP) is 3.06. The molecule has 0 amide bonds. The molecule has 0 fully saturated rings. The normalized spacial score (nSPS) is 10.9. The van der Waals surface area contributed by atoms with Crippen LogP contribution in [-0.4, -0.2) is 10.7 Å². The molecule has 0 aliphatic carbocycles. The molecule has 0 bridgehead atoms. The first-order valence-corrected chi connectivity index (χ1v) is 6.13. The van der Waals surface area contributed by atoms with Gasteiger partial charge in [-0.3, -0.25) is 19.7 Å². The number of Topliss-reactive ketones (excluding diaryl/α,β-unsaturated/α-hetero) is 1. The lowest BCUT2D eigenvalue weighted by Gasteiger charge is -2.02. The molecule has 0 radical (unpaired) electrons. The third-order valence-electron chi connectivity index (χ3n) is 3.27. The second-order valence-corrected chi connectivity index (χ2v) is 4.64. The van der Waals surface area contributed by atoms with E-state index in [4.69, 9.17) is 4.42 Å². The Balaban J connectivity index is 2.42. The van der Waals surface area contributed by atoms with Gasteiger partial charge in [0.15, 0.2) is 5.78 Å². The number of non-ortho nitro benzene ring substituents is 1. The maximum Gasteiger partial charge on any atom is 0.270 e. The van der Waals surface area contributed by atoms with Crippen molar-refractivity contribution >= 4 is 33.4 Å². The smallest absolute Gasteiger partial charge is 0.270 e. The number of fused-ring (bicyclic) bond motifs is 2. The van der Waals surface area contributed by atoms with Crippen LogP contribution in [0, 0.1) is 10.1 Å². The molecule has 2 aromatic carbocycles. The van der Waals surface area contributed by atoms with Crippen molar-refractivity contribution in [2.75, 3.05) is 0 Å². The largest absolute Gasteiger partial charge is 0.456 e. The fraction of sp³-hybridized carbons (Fsp3) is 0.0667. The molecule has 6 heteroatoms. The molecule has 104 valence electrons. The second kappa shape index (κ2) is 4.52. The van der Waals surface area contributed by atoms with Gasteiger partial charge in [-0.25, -0.2) is 0 Å². The first-order valence-electron chi connectivity index (χ1n) is 6.13. The summed E-state index contributed by atoms with van der Waals surface area (Å²) in [7, 11) is 0. The average Bonchev–Trinajstić information content (AvgIpc) is 2.46. The molecule has 0 N–H and O–H groups in total. The van der Waals surface area contributed by atoms with Gasteiger partial charge in [-0.15, -0.1) is 0 Å². The Bertz CT molecular complexity index is 896. The van der Waals surface area contributed by atoms with Gasteiger partial charge in [-0.2, -0.15) is 0 Å². The van der Waals surface area contributed by atoms with Gasteiger partial charge in [-0.05, 0) is 31.2 Å². The highest BCUT2D eigenvalue weighted by Crippen LogP contribution is 2.23. The van der Waals surface area contributed by atoms with Gasteiger partial charge in [0.1, 0.15) is 11.2 Å². The van der Waals surface area contributed by atoms with Crippen LogP contribution in [0.3, 0.4) is 0 Å². The summed E-state index contributed by atoms with van der Waals surface area (Å²) < 4.78 is 5.56. The number of carbonyl (C=O) groups excluding carboxylic acids is 1. The molecule has 0 aliphatic rings. The molecule has 3 rings (SSSR count). The molecule has 21 heavy (non-hydrogen) atoms. The molecule has 0 saturated carbocycles. The van der Waals surface area contributed by atoms with Crippen molar-refractivity contribution in [3.63, 3.8) is 0 Å². The lowest BCUT2D eigenvalue weighted by atomic mass is 10.1. The minimum absolute atomic E-state index is 0.123. The first-order chi connectivity index (χ1) is 9.97. The summed E-state index contributed by atoms with van der Waals surface area (Å²) in [6.07, 6.45) is 0. The third-order valence-corrected chi connectivity index (χ3v) is 3.27. The molecule has 0 saturated heterocycles.